The topological polar surface area (TPSA) is 46.2 Å². The molecule has 0 saturated heterocycles. The maximum absolute atomic E-state index is 10.1. The van der Waals surface area contributed by atoms with Crippen LogP contribution in [0.25, 0.3) is 0 Å². The minimum absolute atomic E-state index is 0.228. The Morgan fingerprint density at radius 3 is 2.65 bits per heavy atom. The molecule has 0 radical (unpaired) electrons. The van der Waals surface area contributed by atoms with Crippen LogP contribution in [0.1, 0.15) is 43.4 Å². The lowest BCUT2D eigenvalue weighted by Gasteiger charge is -2.26. The Bertz CT molecular complexity index is 435. The summed E-state index contributed by atoms with van der Waals surface area (Å²) in [7, 11) is 0. The van der Waals surface area contributed by atoms with E-state index in [0.29, 0.717) is 11.4 Å². The summed E-state index contributed by atoms with van der Waals surface area (Å²) in [5.41, 5.74) is 9.26. The van der Waals surface area contributed by atoms with E-state index in [0.717, 1.165) is 18.4 Å². The third kappa shape index (κ3) is 2.75. The van der Waals surface area contributed by atoms with Gasteiger partial charge in [0.2, 0.25) is 0 Å². The molecule has 1 aromatic rings. The Hall–Kier alpha value is -0.730. The van der Waals surface area contributed by atoms with Crippen molar-refractivity contribution < 1.29 is 5.11 Å². The highest BCUT2D eigenvalue weighted by molar-refractivity contribution is 6.32. The minimum atomic E-state index is -0.326. The molecule has 3 N–H and O–H groups in total. The van der Waals surface area contributed by atoms with Crippen LogP contribution in [0, 0.1) is 0 Å². The van der Waals surface area contributed by atoms with Gasteiger partial charge < -0.3 is 10.8 Å². The maximum atomic E-state index is 10.1. The van der Waals surface area contributed by atoms with E-state index in [-0.39, 0.29) is 11.3 Å². The normalized spacial score (nSPS) is 15.8. The third-order valence-corrected chi connectivity index (χ3v) is 3.61. The molecule has 0 saturated carbocycles. The Labute approximate surface area is 108 Å². The van der Waals surface area contributed by atoms with Gasteiger partial charge in [0.05, 0.1) is 5.02 Å². The molecule has 0 unspecified atom stereocenters. The van der Waals surface area contributed by atoms with Gasteiger partial charge in [-0.25, -0.2) is 0 Å². The van der Waals surface area contributed by atoms with Crippen LogP contribution in [0.15, 0.2) is 6.07 Å². The van der Waals surface area contributed by atoms with Crippen LogP contribution in [0.5, 0.6) is 5.75 Å². The van der Waals surface area contributed by atoms with Crippen molar-refractivity contribution in [2.45, 2.75) is 51.5 Å². The second-order valence-corrected chi connectivity index (χ2v) is 6.10. The zero-order valence-electron chi connectivity index (χ0n) is 10.5. The number of benzene rings is 1. The minimum Gasteiger partial charge on any atom is -0.506 e. The van der Waals surface area contributed by atoms with Gasteiger partial charge >= 0.3 is 0 Å². The number of halogens is 1. The molecule has 0 fully saturated rings. The van der Waals surface area contributed by atoms with Crippen LogP contribution < -0.4 is 5.73 Å². The molecule has 94 valence electrons. The lowest BCUT2D eigenvalue weighted by Crippen LogP contribution is -2.35. The molecule has 2 nitrogen and oxygen atoms in total. The summed E-state index contributed by atoms with van der Waals surface area (Å²) in [5.74, 6) is 0.228. The Morgan fingerprint density at radius 1 is 1.35 bits per heavy atom. The number of aryl methyl sites for hydroxylation is 1. The van der Waals surface area contributed by atoms with Crippen LogP contribution >= 0.6 is 11.6 Å². The summed E-state index contributed by atoms with van der Waals surface area (Å²) >= 11 is 6.09. The number of phenols is 1. The first-order chi connectivity index (χ1) is 7.88. The van der Waals surface area contributed by atoms with Crippen molar-refractivity contribution in [3.8, 4) is 5.75 Å². The highest BCUT2D eigenvalue weighted by Gasteiger charge is 2.23. The molecule has 0 bridgehead atoms. The molecule has 0 amide bonds. The van der Waals surface area contributed by atoms with E-state index in [1.165, 1.54) is 24.0 Å². The van der Waals surface area contributed by atoms with E-state index >= 15 is 0 Å². The van der Waals surface area contributed by atoms with Crippen molar-refractivity contribution in [1.82, 2.24) is 0 Å². The molecular formula is C14H20ClNO. The largest absolute Gasteiger partial charge is 0.506 e. The molecule has 1 aromatic carbocycles. The number of hydrogen-bond acceptors (Lipinski definition) is 2. The molecule has 0 spiro atoms. The SMILES string of the molecule is CC(C)(N)Cc1c(O)c(Cl)cc2c1CCCC2. The molecule has 1 aliphatic rings. The Balaban J connectivity index is 2.51. The lowest BCUT2D eigenvalue weighted by atomic mass is 9.83. The molecule has 1 aliphatic carbocycles. The number of aromatic hydroxyl groups is 1. The molecule has 3 heteroatoms. The van der Waals surface area contributed by atoms with Gasteiger partial charge in [-0.2, -0.15) is 0 Å². The van der Waals surface area contributed by atoms with Crippen LogP contribution in [-0.4, -0.2) is 10.6 Å². The predicted molar refractivity (Wildman–Crippen MR) is 71.7 cm³/mol. The van der Waals surface area contributed by atoms with Crippen molar-refractivity contribution in [2.24, 2.45) is 5.73 Å². The van der Waals surface area contributed by atoms with E-state index in [9.17, 15) is 5.11 Å². The van der Waals surface area contributed by atoms with Crippen molar-refractivity contribution in [3.63, 3.8) is 0 Å². The van der Waals surface area contributed by atoms with Gasteiger partial charge in [0.1, 0.15) is 5.75 Å². The Kier molecular flexibility index (Phi) is 3.37. The van der Waals surface area contributed by atoms with E-state index in [4.69, 9.17) is 17.3 Å². The second-order valence-electron chi connectivity index (χ2n) is 5.70. The molecule has 0 aliphatic heterocycles. The smallest absolute Gasteiger partial charge is 0.137 e. The Morgan fingerprint density at radius 2 is 2.00 bits per heavy atom. The average Bonchev–Trinajstić information content (AvgIpc) is 2.23. The second kappa shape index (κ2) is 4.51. The van der Waals surface area contributed by atoms with Crippen molar-refractivity contribution >= 4 is 11.6 Å². The summed E-state index contributed by atoms with van der Waals surface area (Å²) in [5, 5.41) is 10.6. The fourth-order valence-electron chi connectivity index (χ4n) is 2.59. The highest BCUT2D eigenvalue weighted by Crippen LogP contribution is 2.37. The van der Waals surface area contributed by atoms with Gasteiger partial charge in [-0.3, -0.25) is 0 Å². The number of rotatable bonds is 2. The summed E-state index contributed by atoms with van der Waals surface area (Å²) in [6.45, 7) is 3.95. The van der Waals surface area contributed by atoms with E-state index in [2.05, 4.69) is 0 Å². The summed E-state index contributed by atoms with van der Waals surface area (Å²) in [6, 6.07) is 1.92. The lowest BCUT2D eigenvalue weighted by molar-refractivity contribution is 0.446. The van der Waals surface area contributed by atoms with Gasteiger partial charge in [-0.1, -0.05) is 11.6 Å². The van der Waals surface area contributed by atoms with E-state index in [1.807, 2.05) is 19.9 Å². The van der Waals surface area contributed by atoms with Crippen molar-refractivity contribution in [1.29, 1.82) is 0 Å². The summed E-state index contributed by atoms with van der Waals surface area (Å²) in [4.78, 5) is 0. The van der Waals surface area contributed by atoms with Crippen LogP contribution in [0.3, 0.4) is 0 Å². The number of nitrogens with two attached hydrogens (primary N) is 1. The standard InChI is InChI=1S/C14H20ClNO/c1-14(2,16)8-11-10-6-4-3-5-9(10)7-12(15)13(11)17/h7,17H,3-6,8,16H2,1-2H3. The fourth-order valence-corrected chi connectivity index (χ4v) is 2.83. The first kappa shape index (κ1) is 12.7. The monoisotopic (exact) mass is 253 g/mol. The average molecular weight is 254 g/mol. The third-order valence-electron chi connectivity index (χ3n) is 3.32. The van der Waals surface area contributed by atoms with E-state index in [1.54, 1.807) is 0 Å². The highest BCUT2D eigenvalue weighted by atomic mass is 35.5. The van der Waals surface area contributed by atoms with Gasteiger partial charge in [0.15, 0.2) is 0 Å². The molecule has 0 atom stereocenters. The van der Waals surface area contributed by atoms with Gasteiger partial charge in [-0.05, 0) is 63.1 Å². The maximum Gasteiger partial charge on any atom is 0.137 e. The van der Waals surface area contributed by atoms with Crippen LogP contribution in [0.2, 0.25) is 5.02 Å². The number of hydrogen-bond donors (Lipinski definition) is 2. The molecule has 0 aromatic heterocycles. The predicted octanol–water partition coefficient (Wildman–Crippen LogP) is 3.20. The quantitative estimate of drug-likeness (QED) is 0.850. The number of phenolic OH excluding ortho intramolecular Hbond substituents is 1. The van der Waals surface area contributed by atoms with Crippen molar-refractivity contribution in [2.75, 3.05) is 0 Å². The molecule has 0 heterocycles. The van der Waals surface area contributed by atoms with Crippen molar-refractivity contribution in [3.05, 3.63) is 27.8 Å². The zero-order valence-corrected chi connectivity index (χ0v) is 11.3. The summed E-state index contributed by atoms with van der Waals surface area (Å²) in [6.07, 6.45) is 5.16. The molecule has 17 heavy (non-hydrogen) atoms. The number of fused-ring (bicyclic) bond motifs is 1. The fraction of sp³-hybridized carbons (Fsp3) is 0.571. The first-order valence-corrected chi connectivity index (χ1v) is 6.57. The zero-order chi connectivity index (χ0) is 12.6. The van der Waals surface area contributed by atoms with Gasteiger partial charge in [0, 0.05) is 11.1 Å². The summed E-state index contributed by atoms with van der Waals surface area (Å²) < 4.78 is 0. The van der Waals surface area contributed by atoms with Crippen LogP contribution in [0.4, 0.5) is 0 Å². The molecular weight excluding hydrogens is 234 g/mol. The van der Waals surface area contributed by atoms with Gasteiger partial charge in [0.25, 0.3) is 0 Å². The van der Waals surface area contributed by atoms with E-state index < -0.39 is 0 Å². The van der Waals surface area contributed by atoms with Crippen LogP contribution in [-0.2, 0) is 19.3 Å². The first-order valence-electron chi connectivity index (χ1n) is 6.19. The van der Waals surface area contributed by atoms with Gasteiger partial charge in [-0.15, -0.1) is 0 Å². The molecule has 2 rings (SSSR count).